The second kappa shape index (κ2) is 11.9. The van der Waals surface area contributed by atoms with E-state index in [2.05, 4.69) is 16.9 Å². The molecule has 0 aliphatic heterocycles. The van der Waals surface area contributed by atoms with E-state index in [9.17, 15) is 13.2 Å². The highest BCUT2D eigenvalue weighted by Gasteiger charge is 2.36. The van der Waals surface area contributed by atoms with Crippen LogP contribution in [0.25, 0.3) is 0 Å². The summed E-state index contributed by atoms with van der Waals surface area (Å²) in [6.07, 6.45) is 0.667. The van der Waals surface area contributed by atoms with Crippen molar-refractivity contribution in [1.29, 1.82) is 0 Å². The van der Waals surface area contributed by atoms with E-state index in [1.807, 2.05) is 37.3 Å². The Morgan fingerprint density at radius 3 is 2.36 bits per heavy atom. The third-order valence-corrected chi connectivity index (χ3v) is 5.99. The fraction of sp³-hybridized carbons (Fsp3) is 0.360. The molecular weight excluding hydrogens is 447 g/mol. The van der Waals surface area contributed by atoms with Gasteiger partial charge in [0.05, 0.1) is 12.3 Å². The molecule has 4 nitrogen and oxygen atoms in total. The molecule has 0 unspecified atom stereocenters. The number of benzene rings is 2. The second-order valence-electron chi connectivity index (χ2n) is 7.42. The first-order valence-corrected chi connectivity index (χ1v) is 11.9. The van der Waals surface area contributed by atoms with Crippen LogP contribution in [0.2, 0.25) is 0 Å². The van der Waals surface area contributed by atoms with Crippen molar-refractivity contribution < 1.29 is 17.9 Å². The smallest absolute Gasteiger partial charge is 0.420 e. The number of ether oxygens (including phenoxy) is 1. The molecule has 3 aromatic rings. The highest BCUT2D eigenvalue weighted by atomic mass is 32.2. The van der Waals surface area contributed by atoms with Gasteiger partial charge in [-0.3, -0.25) is 0 Å². The number of nitrogens with zero attached hydrogens (tertiary/aromatic N) is 3. The topological polar surface area (TPSA) is 38.2 Å². The van der Waals surface area contributed by atoms with Gasteiger partial charge in [0.2, 0.25) is 5.95 Å². The molecule has 0 atom stereocenters. The fourth-order valence-corrected chi connectivity index (χ4v) is 4.21. The van der Waals surface area contributed by atoms with Crippen molar-refractivity contribution in [1.82, 2.24) is 9.97 Å². The van der Waals surface area contributed by atoms with Gasteiger partial charge < -0.3 is 9.64 Å². The minimum atomic E-state index is -4.55. The first kappa shape index (κ1) is 24.9. The number of para-hydroxylation sites is 2. The molecule has 0 saturated carbocycles. The van der Waals surface area contributed by atoms with Gasteiger partial charge >= 0.3 is 6.18 Å². The number of unbranched alkanes of at least 4 members (excludes halogenated alkanes) is 3. The van der Waals surface area contributed by atoms with Gasteiger partial charge in [0, 0.05) is 17.6 Å². The summed E-state index contributed by atoms with van der Waals surface area (Å²) in [5.74, 6) is 0.863. The van der Waals surface area contributed by atoms with Crippen LogP contribution in [0.4, 0.5) is 24.8 Å². The maximum Gasteiger partial charge on any atom is 0.420 e. The van der Waals surface area contributed by atoms with Crippen molar-refractivity contribution in [3.05, 3.63) is 66.4 Å². The molecule has 0 saturated heterocycles. The van der Waals surface area contributed by atoms with Gasteiger partial charge in [-0.25, -0.2) is 9.97 Å². The van der Waals surface area contributed by atoms with Gasteiger partial charge in [0.25, 0.3) is 0 Å². The number of aromatic nitrogens is 2. The summed E-state index contributed by atoms with van der Waals surface area (Å²) in [6, 6.07) is 16.4. The Labute approximate surface area is 197 Å². The summed E-state index contributed by atoms with van der Waals surface area (Å²) in [5.41, 5.74) is -0.123. The van der Waals surface area contributed by atoms with Crippen LogP contribution in [0.1, 0.15) is 45.1 Å². The zero-order chi connectivity index (χ0) is 23.7. The molecule has 1 heterocycles. The van der Waals surface area contributed by atoms with Gasteiger partial charge in [-0.2, -0.15) is 13.2 Å². The third-order valence-electron chi connectivity index (χ3n) is 4.97. The Bertz CT molecular complexity index is 1020. The van der Waals surface area contributed by atoms with Crippen molar-refractivity contribution in [2.45, 2.75) is 55.6 Å². The standard InChI is InChI=1S/C25H28F3N3OS/c1-3-5-6-12-17-32-22-16-11-10-15-21(22)31(4-2)24-29-18-20(25(26,27)28)23(30-24)33-19-13-8-7-9-14-19/h7-11,13-16,18H,3-6,12,17H2,1-2H3. The van der Waals surface area contributed by atoms with E-state index >= 15 is 0 Å². The lowest BCUT2D eigenvalue weighted by atomic mass is 10.2. The molecule has 0 N–H and O–H groups in total. The summed E-state index contributed by atoms with van der Waals surface area (Å²) >= 11 is 0.975. The first-order chi connectivity index (χ1) is 15.9. The van der Waals surface area contributed by atoms with E-state index < -0.39 is 11.7 Å². The number of rotatable bonds is 11. The van der Waals surface area contributed by atoms with Crippen LogP contribution >= 0.6 is 11.8 Å². The summed E-state index contributed by atoms with van der Waals surface area (Å²) in [5, 5.41) is -0.130. The predicted octanol–water partition coefficient (Wildman–Crippen LogP) is 7.76. The maximum absolute atomic E-state index is 13.7. The van der Waals surface area contributed by atoms with Crippen LogP contribution in [-0.2, 0) is 6.18 Å². The van der Waals surface area contributed by atoms with E-state index in [0.717, 1.165) is 49.3 Å². The van der Waals surface area contributed by atoms with Crippen molar-refractivity contribution in [3.63, 3.8) is 0 Å². The zero-order valence-electron chi connectivity index (χ0n) is 18.8. The van der Waals surface area contributed by atoms with Crippen molar-refractivity contribution in [3.8, 4) is 5.75 Å². The van der Waals surface area contributed by atoms with Crippen LogP contribution < -0.4 is 9.64 Å². The minimum Gasteiger partial charge on any atom is -0.491 e. The Morgan fingerprint density at radius 1 is 0.939 bits per heavy atom. The highest BCUT2D eigenvalue weighted by Crippen LogP contribution is 2.40. The SMILES string of the molecule is CCCCCCOc1ccccc1N(CC)c1ncc(C(F)(F)F)c(Sc2ccccc2)n1. The molecule has 3 rings (SSSR count). The molecule has 0 aliphatic rings. The van der Waals surface area contributed by atoms with Crippen LogP contribution in [0.5, 0.6) is 5.75 Å². The summed E-state index contributed by atoms with van der Waals surface area (Å²) in [4.78, 5) is 10.9. The Balaban J connectivity index is 1.92. The average Bonchev–Trinajstić information content (AvgIpc) is 2.80. The molecule has 176 valence electrons. The van der Waals surface area contributed by atoms with Crippen LogP contribution in [0, 0.1) is 0 Å². The molecule has 0 fully saturated rings. The molecule has 0 radical (unpaired) electrons. The van der Waals surface area contributed by atoms with Crippen LogP contribution in [0.15, 0.2) is 70.7 Å². The number of alkyl halides is 3. The number of hydrogen-bond donors (Lipinski definition) is 0. The monoisotopic (exact) mass is 475 g/mol. The highest BCUT2D eigenvalue weighted by molar-refractivity contribution is 7.99. The molecule has 0 bridgehead atoms. The number of anilines is 2. The lowest BCUT2D eigenvalue weighted by Gasteiger charge is -2.24. The minimum absolute atomic E-state index is 0.130. The molecule has 0 spiro atoms. The van der Waals surface area contributed by atoms with Gasteiger partial charge in [0.1, 0.15) is 16.3 Å². The molecule has 0 amide bonds. The summed E-state index contributed by atoms with van der Waals surface area (Å²) in [7, 11) is 0. The molecule has 33 heavy (non-hydrogen) atoms. The largest absolute Gasteiger partial charge is 0.491 e. The molecule has 0 aliphatic carbocycles. The van der Waals surface area contributed by atoms with Crippen molar-refractivity contribution >= 4 is 23.4 Å². The first-order valence-electron chi connectivity index (χ1n) is 11.1. The number of halogens is 3. The van der Waals surface area contributed by atoms with Crippen LogP contribution in [0.3, 0.4) is 0 Å². The third kappa shape index (κ3) is 6.87. The zero-order valence-corrected chi connectivity index (χ0v) is 19.6. The number of hydrogen-bond acceptors (Lipinski definition) is 5. The molecular formula is C25H28F3N3OS. The molecule has 8 heteroatoms. The van der Waals surface area contributed by atoms with E-state index in [1.165, 1.54) is 0 Å². The Morgan fingerprint density at radius 2 is 1.67 bits per heavy atom. The fourth-order valence-electron chi connectivity index (χ4n) is 3.29. The lowest BCUT2D eigenvalue weighted by molar-refractivity contribution is -0.140. The van der Waals surface area contributed by atoms with Gasteiger partial charge in [0.15, 0.2) is 0 Å². The van der Waals surface area contributed by atoms with E-state index in [4.69, 9.17) is 4.74 Å². The molecule has 2 aromatic carbocycles. The van der Waals surface area contributed by atoms with Crippen molar-refractivity contribution in [2.75, 3.05) is 18.1 Å². The van der Waals surface area contributed by atoms with Gasteiger partial charge in [-0.1, -0.05) is 68.3 Å². The lowest BCUT2D eigenvalue weighted by Crippen LogP contribution is -2.21. The van der Waals surface area contributed by atoms with Gasteiger partial charge in [-0.05, 0) is 37.6 Å². The maximum atomic E-state index is 13.7. The predicted molar refractivity (Wildman–Crippen MR) is 126 cm³/mol. The van der Waals surface area contributed by atoms with Crippen molar-refractivity contribution in [2.24, 2.45) is 0 Å². The second-order valence-corrected chi connectivity index (χ2v) is 8.49. The Kier molecular flexibility index (Phi) is 9.00. The average molecular weight is 476 g/mol. The van der Waals surface area contributed by atoms with E-state index in [0.29, 0.717) is 23.8 Å². The van der Waals surface area contributed by atoms with E-state index in [-0.39, 0.29) is 11.0 Å². The summed E-state index contributed by atoms with van der Waals surface area (Å²) < 4.78 is 47.0. The molecule has 1 aromatic heterocycles. The quantitative estimate of drug-likeness (QED) is 0.209. The Hall–Kier alpha value is -2.74. The normalized spacial score (nSPS) is 11.4. The van der Waals surface area contributed by atoms with Gasteiger partial charge in [-0.15, -0.1) is 0 Å². The summed E-state index contributed by atoms with van der Waals surface area (Å²) in [6.45, 7) is 5.11. The van der Waals surface area contributed by atoms with Crippen LogP contribution in [-0.4, -0.2) is 23.1 Å². The van der Waals surface area contributed by atoms with E-state index in [1.54, 1.807) is 29.2 Å².